The lowest BCUT2D eigenvalue weighted by atomic mass is 10.0. The molecule has 0 atom stereocenters. The van der Waals surface area contributed by atoms with Crippen molar-refractivity contribution in [1.82, 2.24) is 0 Å². The number of hydrogen-bond donors (Lipinski definition) is 0. The first-order valence-electron chi connectivity index (χ1n) is 9.14. The van der Waals surface area contributed by atoms with E-state index in [9.17, 15) is 10.1 Å². The first-order chi connectivity index (χ1) is 13.6. The van der Waals surface area contributed by atoms with Crippen molar-refractivity contribution in [3.05, 3.63) is 87.4 Å². The molecule has 138 valence electrons. The number of nitro groups is 1. The molecule has 0 N–H and O–H groups in total. The molecule has 1 aliphatic rings. The molecule has 2 heterocycles. The second-order valence-electron chi connectivity index (χ2n) is 7.01. The number of aromatic nitrogens is 1. The van der Waals surface area contributed by atoms with Crippen molar-refractivity contribution >= 4 is 44.8 Å². The Morgan fingerprint density at radius 2 is 1.71 bits per heavy atom. The van der Waals surface area contributed by atoms with Gasteiger partial charge in [0, 0.05) is 22.9 Å². The number of halogens is 1. The number of benzene rings is 3. The zero-order valence-electron chi connectivity index (χ0n) is 15.0. The number of hydrogen-bond acceptors (Lipinski definition) is 3. The topological polar surface area (TPSA) is 50.3 Å². The molecule has 1 aliphatic heterocycles. The van der Waals surface area contributed by atoms with Crippen molar-refractivity contribution < 1.29 is 9.49 Å². The van der Waals surface area contributed by atoms with E-state index in [4.69, 9.17) is 11.6 Å². The van der Waals surface area contributed by atoms with Crippen molar-refractivity contribution in [2.24, 2.45) is 0 Å². The third-order valence-corrected chi connectivity index (χ3v) is 5.64. The molecule has 0 fully saturated rings. The predicted molar refractivity (Wildman–Crippen MR) is 111 cm³/mol. The average molecular weight is 391 g/mol. The molecule has 28 heavy (non-hydrogen) atoms. The Balaban J connectivity index is 1.79. The minimum absolute atomic E-state index is 0.0161. The molecule has 0 saturated heterocycles. The fourth-order valence-corrected chi connectivity index (χ4v) is 4.49. The smallest absolute Gasteiger partial charge is 0.258 e. The second kappa shape index (κ2) is 6.46. The van der Waals surface area contributed by atoms with Gasteiger partial charge in [-0.25, -0.2) is 4.57 Å². The van der Waals surface area contributed by atoms with Gasteiger partial charge in [0.05, 0.1) is 15.3 Å². The lowest BCUT2D eigenvalue weighted by Gasteiger charge is -2.14. The van der Waals surface area contributed by atoms with E-state index < -0.39 is 0 Å². The minimum Gasteiger partial charge on any atom is -0.258 e. The number of nitro benzene ring substituents is 1. The van der Waals surface area contributed by atoms with E-state index in [2.05, 4.69) is 27.7 Å². The van der Waals surface area contributed by atoms with Crippen LogP contribution in [0, 0.1) is 10.1 Å². The van der Waals surface area contributed by atoms with E-state index in [1.54, 1.807) is 6.07 Å². The summed E-state index contributed by atoms with van der Waals surface area (Å²) in [6, 6.07) is 21.5. The van der Waals surface area contributed by atoms with E-state index in [0.29, 0.717) is 5.02 Å². The highest BCUT2D eigenvalue weighted by atomic mass is 35.5. The van der Waals surface area contributed by atoms with Gasteiger partial charge in [-0.15, -0.1) is 0 Å². The summed E-state index contributed by atoms with van der Waals surface area (Å²) in [5.41, 5.74) is 2.12. The molecule has 5 nitrogen and oxygen atoms in total. The van der Waals surface area contributed by atoms with Crippen molar-refractivity contribution in [1.29, 1.82) is 0 Å². The fourth-order valence-electron chi connectivity index (χ4n) is 4.18. The summed E-state index contributed by atoms with van der Waals surface area (Å²) in [6.45, 7) is 2.47. The van der Waals surface area contributed by atoms with E-state index in [1.165, 1.54) is 11.6 Å². The van der Waals surface area contributed by atoms with Gasteiger partial charge < -0.3 is 0 Å². The molecule has 0 unspecified atom stereocenters. The highest BCUT2D eigenvalue weighted by Crippen LogP contribution is 2.37. The fraction of sp³-hybridized carbons (Fsp3) is 0.136. The van der Waals surface area contributed by atoms with Crippen LogP contribution < -0.4 is 9.47 Å². The molecule has 0 radical (unpaired) electrons. The Bertz CT molecular complexity index is 1240. The maximum absolute atomic E-state index is 11.4. The van der Waals surface area contributed by atoms with Crippen molar-refractivity contribution in [3.63, 3.8) is 0 Å². The molecule has 0 spiro atoms. The van der Waals surface area contributed by atoms with Crippen molar-refractivity contribution in [2.45, 2.75) is 13.1 Å². The molecule has 3 aromatic carbocycles. The molecule has 0 bridgehead atoms. The number of nitrogens with zero attached hydrogens (tertiary/aromatic N) is 3. The molecule has 6 heteroatoms. The van der Waals surface area contributed by atoms with E-state index >= 15 is 0 Å². The van der Waals surface area contributed by atoms with Crippen LogP contribution in [0.15, 0.2) is 66.7 Å². The highest BCUT2D eigenvalue weighted by Gasteiger charge is 2.34. The van der Waals surface area contributed by atoms with Crippen LogP contribution in [-0.2, 0) is 13.1 Å². The molecular formula is C22H17ClN3O2+. The predicted octanol–water partition coefficient (Wildman–Crippen LogP) is 4.86. The van der Waals surface area contributed by atoms with Gasteiger partial charge >= 0.3 is 0 Å². The number of pyridine rings is 1. The Kier molecular flexibility index (Phi) is 3.91. The molecule has 1 aromatic heterocycles. The number of rotatable bonds is 3. The summed E-state index contributed by atoms with van der Waals surface area (Å²) < 4.78 is 2.20. The molecule has 4 aromatic rings. The lowest BCUT2D eigenvalue weighted by Crippen LogP contribution is -2.33. The second-order valence-corrected chi connectivity index (χ2v) is 7.42. The van der Waals surface area contributed by atoms with E-state index in [0.717, 1.165) is 47.1 Å². The van der Waals surface area contributed by atoms with Crippen LogP contribution >= 0.6 is 11.6 Å². The van der Waals surface area contributed by atoms with Crippen molar-refractivity contribution in [3.8, 4) is 0 Å². The first kappa shape index (κ1) is 17.0. The van der Waals surface area contributed by atoms with Crippen LogP contribution in [0.2, 0.25) is 5.02 Å². The quantitative estimate of drug-likeness (QED) is 0.217. The van der Waals surface area contributed by atoms with Crippen LogP contribution in [0.1, 0.15) is 5.56 Å². The summed E-state index contributed by atoms with van der Waals surface area (Å²) in [6.07, 6.45) is 0. The van der Waals surface area contributed by atoms with Crippen LogP contribution in [0.3, 0.4) is 0 Å². The molecule has 0 aliphatic carbocycles. The zero-order chi connectivity index (χ0) is 19.3. The van der Waals surface area contributed by atoms with Gasteiger partial charge in [0.2, 0.25) is 0 Å². The van der Waals surface area contributed by atoms with Gasteiger partial charge in [0.1, 0.15) is 19.6 Å². The largest absolute Gasteiger partial charge is 0.285 e. The third kappa shape index (κ3) is 2.59. The molecular weight excluding hydrogens is 374 g/mol. The maximum Gasteiger partial charge on any atom is 0.285 e. The Morgan fingerprint density at radius 3 is 2.46 bits per heavy atom. The van der Waals surface area contributed by atoms with Gasteiger partial charge in [-0.3, -0.25) is 15.0 Å². The Morgan fingerprint density at radius 1 is 1.00 bits per heavy atom. The summed E-state index contributed by atoms with van der Waals surface area (Å²) in [5, 5.41) is 14.7. The van der Waals surface area contributed by atoms with Gasteiger partial charge in [-0.2, -0.15) is 0 Å². The van der Waals surface area contributed by atoms with Crippen LogP contribution in [0.4, 0.5) is 11.5 Å². The van der Waals surface area contributed by atoms with Crippen LogP contribution in [0.5, 0.6) is 0 Å². The Hall–Kier alpha value is -3.18. The molecule has 5 rings (SSSR count). The minimum atomic E-state index is -0.389. The van der Waals surface area contributed by atoms with Gasteiger partial charge in [0.15, 0.2) is 5.52 Å². The SMILES string of the molecule is O=[N+]([O-])c1cc(Cl)c2c(c1)c1ccccc1c1[n+]2CCN1Cc1ccccc1. The standard InChI is InChI=1S/C22H17ClN3O2/c23-20-13-16(26(27)28)12-19-17-8-4-5-9-18(17)22-24(10-11-25(22)21(19)20)14-15-6-2-1-3-7-15/h1-9,12-13H,10-11,14H2/q+1. The van der Waals surface area contributed by atoms with Crippen LogP contribution in [0.25, 0.3) is 21.7 Å². The normalized spacial score (nSPS) is 13.2. The molecule has 0 saturated carbocycles. The summed E-state index contributed by atoms with van der Waals surface area (Å²) in [4.78, 5) is 13.3. The lowest BCUT2D eigenvalue weighted by molar-refractivity contribution is -0.643. The Labute approximate surface area is 166 Å². The summed E-state index contributed by atoms with van der Waals surface area (Å²) in [7, 11) is 0. The number of non-ortho nitro benzene ring substituents is 1. The number of anilines is 1. The maximum atomic E-state index is 11.4. The van der Waals surface area contributed by atoms with E-state index in [-0.39, 0.29) is 10.6 Å². The van der Waals surface area contributed by atoms with Gasteiger partial charge in [0.25, 0.3) is 11.5 Å². The number of fused-ring (bicyclic) bond motifs is 6. The van der Waals surface area contributed by atoms with Gasteiger partial charge in [-0.05, 0) is 11.6 Å². The molecule has 0 amide bonds. The van der Waals surface area contributed by atoms with Gasteiger partial charge in [-0.1, -0.05) is 60.1 Å². The highest BCUT2D eigenvalue weighted by molar-refractivity contribution is 6.36. The average Bonchev–Trinajstić information content (AvgIpc) is 3.12. The van der Waals surface area contributed by atoms with Crippen LogP contribution in [-0.4, -0.2) is 11.5 Å². The first-order valence-corrected chi connectivity index (χ1v) is 9.52. The zero-order valence-corrected chi connectivity index (χ0v) is 15.8. The van der Waals surface area contributed by atoms with E-state index in [1.807, 2.05) is 36.4 Å². The summed E-state index contributed by atoms with van der Waals surface area (Å²) in [5.74, 6) is 1.11. The third-order valence-electron chi connectivity index (χ3n) is 5.35. The van der Waals surface area contributed by atoms with Crippen molar-refractivity contribution in [2.75, 3.05) is 11.4 Å². The summed E-state index contributed by atoms with van der Waals surface area (Å²) >= 11 is 6.55. The monoisotopic (exact) mass is 390 g/mol.